The lowest BCUT2D eigenvalue weighted by Crippen LogP contribution is -2.37. The number of nitrogens with zero attached hydrogens (tertiary/aromatic N) is 2. The van der Waals surface area contributed by atoms with E-state index in [4.69, 9.17) is 4.74 Å². The third kappa shape index (κ3) is 5.86. The van der Waals surface area contributed by atoms with Crippen LogP contribution in [-0.2, 0) is 19.1 Å². The van der Waals surface area contributed by atoms with Gasteiger partial charge in [0.15, 0.2) is 0 Å². The van der Waals surface area contributed by atoms with Crippen molar-refractivity contribution in [3.05, 3.63) is 81.5 Å². The summed E-state index contributed by atoms with van der Waals surface area (Å²) in [6.45, 7) is 4.81. The van der Waals surface area contributed by atoms with Gasteiger partial charge < -0.3 is 15.0 Å². The van der Waals surface area contributed by atoms with Crippen LogP contribution in [0, 0.1) is 10.1 Å². The molecule has 9 nitrogen and oxygen atoms in total. The van der Waals surface area contributed by atoms with Gasteiger partial charge in [-0.15, -0.1) is 0 Å². The summed E-state index contributed by atoms with van der Waals surface area (Å²) in [5.74, 6) is -1.27. The Labute approximate surface area is 197 Å². The summed E-state index contributed by atoms with van der Waals surface area (Å²) in [5, 5.41) is 14.3. The first-order chi connectivity index (χ1) is 16.2. The fourth-order valence-corrected chi connectivity index (χ4v) is 4.01. The van der Waals surface area contributed by atoms with Crippen LogP contribution in [0.3, 0.4) is 0 Å². The predicted octanol–water partition coefficient (Wildman–Crippen LogP) is 4.06. The Morgan fingerprint density at radius 2 is 1.79 bits per heavy atom. The van der Waals surface area contributed by atoms with Crippen molar-refractivity contribution in [1.82, 2.24) is 10.2 Å². The lowest BCUT2D eigenvalue weighted by molar-refractivity contribution is -0.385. The van der Waals surface area contributed by atoms with Crippen molar-refractivity contribution in [2.45, 2.75) is 51.8 Å². The molecule has 3 rings (SSSR count). The van der Waals surface area contributed by atoms with Gasteiger partial charge in [0.2, 0.25) is 11.8 Å². The molecule has 2 atom stereocenters. The highest BCUT2D eigenvalue weighted by Crippen LogP contribution is 2.34. The van der Waals surface area contributed by atoms with Crippen LogP contribution in [-0.4, -0.2) is 33.7 Å². The molecule has 1 aliphatic rings. The minimum absolute atomic E-state index is 0.0860. The van der Waals surface area contributed by atoms with E-state index in [1.165, 1.54) is 30.0 Å². The summed E-state index contributed by atoms with van der Waals surface area (Å²) < 4.78 is 5.21. The fraction of sp³-hybridized carbons (Fsp3) is 0.320. The second-order valence-corrected chi connectivity index (χ2v) is 8.27. The zero-order valence-corrected chi connectivity index (χ0v) is 19.3. The van der Waals surface area contributed by atoms with Gasteiger partial charge in [-0.25, -0.2) is 0 Å². The second-order valence-electron chi connectivity index (χ2n) is 8.27. The molecule has 178 valence electrons. The summed E-state index contributed by atoms with van der Waals surface area (Å²) in [7, 11) is 0. The first-order valence-electron chi connectivity index (χ1n) is 11.0. The predicted molar refractivity (Wildman–Crippen MR) is 125 cm³/mol. The van der Waals surface area contributed by atoms with E-state index in [0.29, 0.717) is 0 Å². The fourth-order valence-electron chi connectivity index (χ4n) is 4.01. The molecule has 0 radical (unpaired) electrons. The Bertz CT molecular complexity index is 1130. The number of nitrogens with one attached hydrogen (secondary N) is 1. The molecule has 2 amide bonds. The molecule has 34 heavy (non-hydrogen) atoms. The molecule has 0 fully saturated rings. The van der Waals surface area contributed by atoms with Crippen LogP contribution in [0.4, 0.5) is 5.69 Å². The maximum Gasteiger partial charge on any atom is 0.308 e. The van der Waals surface area contributed by atoms with Crippen molar-refractivity contribution < 1.29 is 24.0 Å². The van der Waals surface area contributed by atoms with Crippen molar-refractivity contribution in [1.29, 1.82) is 0 Å². The Balaban J connectivity index is 1.88. The van der Waals surface area contributed by atoms with Crippen molar-refractivity contribution >= 4 is 29.5 Å². The number of esters is 1. The number of nitro groups is 1. The third-order valence-corrected chi connectivity index (χ3v) is 5.43. The number of hydrogen-bond donors (Lipinski definition) is 1. The van der Waals surface area contributed by atoms with Gasteiger partial charge in [0.25, 0.3) is 5.69 Å². The maximum absolute atomic E-state index is 13.2. The van der Waals surface area contributed by atoms with Gasteiger partial charge in [0.1, 0.15) is 0 Å². The van der Waals surface area contributed by atoms with E-state index in [1.807, 2.05) is 30.3 Å². The number of amides is 2. The average molecular weight is 466 g/mol. The van der Waals surface area contributed by atoms with Crippen LogP contribution >= 0.6 is 0 Å². The molecule has 2 aromatic rings. The second kappa shape index (κ2) is 10.7. The largest absolute Gasteiger partial charge is 0.463 e. The molecule has 0 aliphatic carbocycles. The minimum atomic E-state index is -0.972. The summed E-state index contributed by atoms with van der Waals surface area (Å²) in [5.41, 5.74) is 1.71. The van der Waals surface area contributed by atoms with Gasteiger partial charge in [-0.1, -0.05) is 42.5 Å². The zero-order valence-electron chi connectivity index (χ0n) is 19.3. The van der Waals surface area contributed by atoms with Crippen LogP contribution in [0.15, 0.2) is 54.7 Å². The molecule has 9 heteroatoms. The molecule has 1 heterocycles. The summed E-state index contributed by atoms with van der Waals surface area (Å²) >= 11 is 0. The summed E-state index contributed by atoms with van der Waals surface area (Å²) in [6, 6.07) is 11.9. The molecule has 2 unspecified atom stereocenters. The lowest BCUT2D eigenvalue weighted by atomic mass is 9.93. The van der Waals surface area contributed by atoms with Gasteiger partial charge in [0, 0.05) is 19.2 Å². The monoisotopic (exact) mass is 465 g/mol. The molecular weight excluding hydrogens is 438 g/mol. The van der Waals surface area contributed by atoms with Crippen molar-refractivity contribution in [3.63, 3.8) is 0 Å². The van der Waals surface area contributed by atoms with Gasteiger partial charge in [0.05, 0.1) is 41.5 Å². The molecule has 2 aromatic carbocycles. The number of rotatable bonds is 8. The number of fused-ring (bicyclic) bond motifs is 1. The van der Waals surface area contributed by atoms with E-state index in [-0.39, 0.29) is 36.1 Å². The molecule has 0 saturated carbocycles. The van der Waals surface area contributed by atoms with E-state index < -0.39 is 28.9 Å². The molecular formula is C25H27N3O6. The van der Waals surface area contributed by atoms with E-state index in [9.17, 15) is 24.5 Å². The third-order valence-electron chi connectivity index (χ3n) is 5.43. The van der Waals surface area contributed by atoms with Gasteiger partial charge in [-0.05, 0) is 31.1 Å². The van der Waals surface area contributed by atoms with Crippen molar-refractivity contribution in [2.24, 2.45) is 0 Å². The van der Waals surface area contributed by atoms with Crippen molar-refractivity contribution in [3.8, 4) is 0 Å². The van der Waals surface area contributed by atoms with E-state index in [1.54, 1.807) is 26.1 Å². The quantitative estimate of drug-likeness (QED) is 0.357. The highest BCUT2D eigenvalue weighted by Gasteiger charge is 2.31. The number of carbonyl (C=O) groups is 3. The van der Waals surface area contributed by atoms with Gasteiger partial charge in [-0.3, -0.25) is 24.5 Å². The number of carbonyl (C=O) groups excluding carboxylic acids is 3. The smallest absolute Gasteiger partial charge is 0.308 e. The zero-order chi connectivity index (χ0) is 24.8. The lowest BCUT2D eigenvalue weighted by Gasteiger charge is -2.32. The first-order valence-corrected chi connectivity index (χ1v) is 11.0. The molecule has 0 spiro atoms. The number of nitro benzene ring substituents is 1. The van der Waals surface area contributed by atoms with Gasteiger partial charge in [-0.2, -0.15) is 0 Å². The Hall–Kier alpha value is -4.01. The van der Waals surface area contributed by atoms with Crippen LogP contribution < -0.4 is 5.32 Å². The molecule has 1 aliphatic heterocycles. The number of para-hydroxylation sites is 1. The highest BCUT2D eigenvalue weighted by atomic mass is 16.6. The van der Waals surface area contributed by atoms with Crippen LogP contribution in [0.2, 0.25) is 0 Å². The van der Waals surface area contributed by atoms with Crippen LogP contribution in [0.25, 0.3) is 6.08 Å². The SMILES string of the molecule is CC(=O)N1C=Cc2ccccc2C1CC(=O)NC(CC(=O)OC(C)C)c1ccccc1[N+](=O)[O-]. The van der Waals surface area contributed by atoms with E-state index in [2.05, 4.69) is 5.32 Å². The van der Waals surface area contributed by atoms with E-state index >= 15 is 0 Å². The van der Waals surface area contributed by atoms with Crippen LogP contribution in [0.1, 0.15) is 62.4 Å². The highest BCUT2D eigenvalue weighted by molar-refractivity contribution is 5.82. The Morgan fingerprint density at radius 3 is 2.47 bits per heavy atom. The topological polar surface area (TPSA) is 119 Å². The molecule has 1 N–H and O–H groups in total. The average Bonchev–Trinajstić information content (AvgIpc) is 2.78. The molecule has 0 saturated heterocycles. The maximum atomic E-state index is 13.2. The number of ether oxygens (including phenoxy) is 1. The molecule has 0 bridgehead atoms. The normalized spacial score (nSPS) is 15.4. The Kier molecular flexibility index (Phi) is 7.78. The molecule has 0 aromatic heterocycles. The van der Waals surface area contributed by atoms with Crippen molar-refractivity contribution in [2.75, 3.05) is 0 Å². The van der Waals surface area contributed by atoms with Gasteiger partial charge >= 0.3 is 5.97 Å². The minimum Gasteiger partial charge on any atom is -0.463 e. The number of benzene rings is 2. The van der Waals surface area contributed by atoms with E-state index in [0.717, 1.165) is 11.1 Å². The standard InChI is InChI=1S/C25H27N3O6/c1-16(2)34-25(31)14-21(20-10-6-7-11-22(20)28(32)33)26-24(30)15-23-19-9-5-4-8-18(19)12-13-27(23)17(3)29/h4-13,16,21,23H,14-15H2,1-3H3,(H,26,30). The Morgan fingerprint density at radius 1 is 1.12 bits per heavy atom. The number of hydrogen-bond acceptors (Lipinski definition) is 6. The summed E-state index contributed by atoms with van der Waals surface area (Å²) in [4.78, 5) is 50.3. The van der Waals surface area contributed by atoms with Crippen LogP contribution in [0.5, 0.6) is 0 Å². The first kappa shape index (κ1) is 24.6. The summed E-state index contributed by atoms with van der Waals surface area (Å²) in [6.07, 6.45) is 2.72.